The SMILES string of the molecule is O=C(COc1ccc(CO)cc1)N1CCCC1.OC1=CC=CCC=C1F. The maximum absolute atomic E-state index is 12.3. The van der Waals surface area contributed by atoms with Gasteiger partial charge in [0, 0.05) is 13.1 Å². The highest BCUT2D eigenvalue weighted by Gasteiger charge is 2.17. The molecule has 0 aromatic heterocycles. The summed E-state index contributed by atoms with van der Waals surface area (Å²) in [5.74, 6) is -0.118. The van der Waals surface area contributed by atoms with Crippen LogP contribution in [0, 0.1) is 0 Å². The molecule has 1 aromatic rings. The second-order valence-electron chi connectivity index (χ2n) is 5.95. The van der Waals surface area contributed by atoms with Crippen LogP contribution < -0.4 is 4.74 Å². The molecule has 3 rings (SSSR count). The fraction of sp³-hybridized carbons (Fsp3) is 0.350. The number of likely N-dealkylation sites (tertiary alicyclic amines) is 1. The molecule has 0 spiro atoms. The van der Waals surface area contributed by atoms with Crippen LogP contribution >= 0.6 is 0 Å². The van der Waals surface area contributed by atoms with Gasteiger partial charge in [-0.05, 0) is 49.1 Å². The average Bonchev–Trinajstić information content (AvgIpc) is 3.14. The van der Waals surface area contributed by atoms with Crippen molar-refractivity contribution >= 4 is 5.91 Å². The lowest BCUT2D eigenvalue weighted by molar-refractivity contribution is -0.132. The van der Waals surface area contributed by atoms with E-state index < -0.39 is 5.83 Å². The molecule has 26 heavy (non-hydrogen) atoms. The van der Waals surface area contributed by atoms with Gasteiger partial charge in [-0.1, -0.05) is 24.3 Å². The second-order valence-corrected chi connectivity index (χ2v) is 5.95. The fourth-order valence-electron chi connectivity index (χ4n) is 2.49. The summed E-state index contributed by atoms with van der Waals surface area (Å²) in [7, 11) is 0. The standard InChI is InChI=1S/C13H17NO3.C7H7FO/c15-9-11-3-5-12(6-4-11)17-10-13(16)14-7-1-2-8-14;8-6-4-2-1-3-5-7(6)9/h3-6,15H,1-2,7-10H2;1,3-5,9H,2H2. The van der Waals surface area contributed by atoms with Crippen molar-refractivity contribution in [2.75, 3.05) is 19.7 Å². The van der Waals surface area contributed by atoms with Gasteiger partial charge in [0.2, 0.25) is 0 Å². The Balaban J connectivity index is 0.000000228. The Morgan fingerprint density at radius 3 is 2.54 bits per heavy atom. The number of ether oxygens (including phenoxy) is 1. The van der Waals surface area contributed by atoms with Crippen LogP contribution in [0.4, 0.5) is 4.39 Å². The van der Waals surface area contributed by atoms with Crippen LogP contribution in [0.5, 0.6) is 5.75 Å². The monoisotopic (exact) mass is 361 g/mol. The van der Waals surface area contributed by atoms with Crippen molar-refractivity contribution in [3.63, 3.8) is 0 Å². The van der Waals surface area contributed by atoms with Gasteiger partial charge in [-0.15, -0.1) is 0 Å². The summed E-state index contributed by atoms with van der Waals surface area (Å²) in [5.41, 5.74) is 0.836. The Morgan fingerprint density at radius 1 is 1.19 bits per heavy atom. The number of aliphatic hydroxyl groups is 2. The number of nitrogens with zero attached hydrogens (tertiary/aromatic N) is 1. The highest BCUT2D eigenvalue weighted by molar-refractivity contribution is 5.78. The molecule has 2 N–H and O–H groups in total. The molecule has 6 heteroatoms. The van der Waals surface area contributed by atoms with Crippen molar-refractivity contribution < 1.29 is 24.1 Å². The first-order chi connectivity index (χ1) is 12.6. The van der Waals surface area contributed by atoms with Gasteiger partial charge < -0.3 is 19.8 Å². The molecule has 140 valence electrons. The summed E-state index contributed by atoms with van der Waals surface area (Å²) < 4.78 is 17.7. The molecule has 2 aliphatic rings. The Labute approximate surface area is 152 Å². The maximum atomic E-state index is 12.3. The van der Waals surface area contributed by atoms with Crippen molar-refractivity contribution in [1.82, 2.24) is 4.90 Å². The Hall–Kier alpha value is -2.60. The third kappa shape index (κ3) is 6.37. The van der Waals surface area contributed by atoms with E-state index in [2.05, 4.69) is 0 Å². The lowest BCUT2D eigenvalue weighted by Gasteiger charge is -2.15. The van der Waals surface area contributed by atoms with E-state index in [4.69, 9.17) is 14.9 Å². The van der Waals surface area contributed by atoms with E-state index in [1.54, 1.807) is 36.4 Å². The number of carbonyl (C=O) groups is 1. The highest BCUT2D eigenvalue weighted by Crippen LogP contribution is 2.14. The molecule has 1 saturated heterocycles. The summed E-state index contributed by atoms with van der Waals surface area (Å²) in [5, 5.41) is 17.6. The first-order valence-electron chi connectivity index (χ1n) is 8.62. The largest absolute Gasteiger partial charge is 0.505 e. The van der Waals surface area contributed by atoms with Crippen LogP contribution in [0.2, 0.25) is 0 Å². The minimum Gasteiger partial charge on any atom is -0.505 e. The molecule has 1 fully saturated rings. The highest BCUT2D eigenvalue weighted by atomic mass is 19.1. The van der Waals surface area contributed by atoms with Crippen molar-refractivity contribution in [2.24, 2.45) is 0 Å². The summed E-state index contributed by atoms with van der Waals surface area (Å²) in [6.45, 7) is 1.82. The van der Waals surface area contributed by atoms with Crippen LogP contribution in [0.25, 0.3) is 0 Å². The molecule has 1 aromatic carbocycles. The van der Waals surface area contributed by atoms with Gasteiger partial charge in [-0.25, -0.2) is 4.39 Å². The van der Waals surface area contributed by atoms with Crippen molar-refractivity contribution in [2.45, 2.75) is 25.9 Å². The van der Waals surface area contributed by atoms with Crippen molar-refractivity contribution in [1.29, 1.82) is 0 Å². The first kappa shape index (κ1) is 19.7. The molecule has 0 bridgehead atoms. The van der Waals surface area contributed by atoms with Gasteiger partial charge in [-0.3, -0.25) is 4.79 Å². The molecule has 0 radical (unpaired) electrons. The van der Waals surface area contributed by atoms with Crippen molar-refractivity contribution in [3.8, 4) is 5.75 Å². The zero-order valence-electron chi connectivity index (χ0n) is 14.6. The smallest absolute Gasteiger partial charge is 0.260 e. The zero-order chi connectivity index (χ0) is 18.8. The summed E-state index contributed by atoms with van der Waals surface area (Å²) >= 11 is 0. The van der Waals surface area contributed by atoms with E-state index >= 15 is 0 Å². The van der Waals surface area contributed by atoms with E-state index in [1.165, 1.54) is 12.2 Å². The number of hydrogen-bond donors (Lipinski definition) is 2. The normalized spacial score (nSPS) is 16.2. The van der Waals surface area contributed by atoms with E-state index in [0.29, 0.717) is 12.2 Å². The van der Waals surface area contributed by atoms with E-state index in [0.717, 1.165) is 31.5 Å². The molecular weight excluding hydrogens is 337 g/mol. The van der Waals surface area contributed by atoms with Crippen molar-refractivity contribution in [3.05, 3.63) is 65.7 Å². The lowest BCUT2D eigenvalue weighted by atomic mass is 10.2. The third-order valence-electron chi connectivity index (χ3n) is 4.00. The fourth-order valence-corrected chi connectivity index (χ4v) is 2.49. The maximum Gasteiger partial charge on any atom is 0.260 e. The minimum absolute atomic E-state index is 0.0208. The molecule has 1 heterocycles. The van der Waals surface area contributed by atoms with Crippen LogP contribution in [0.15, 0.2) is 60.2 Å². The number of halogens is 1. The van der Waals surface area contributed by atoms with E-state index in [1.807, 2.05) is 4.90 Å². The average molecular weight is 361 g/mol. The van der Waals surface area contributed by atoms with Crippen LogP contribution in [0.3, 0.4) is 0 Å². The predicted molar refractivity (Wildman–Crippen MR) is 97.3 cm³/mol. The van der Waals surface area contributed by atoms with Crippen LogP contribution in [-0.2, 0) is 11.4 Å². The number of amides is 1. The number of aliphatic hydroxyl groups excluding tert-OH is 2. The van der Waals surface area contributed by atoms with E-state index in [-0.39, 0.29) is 24.9 Å². The van der Waals surface area contributed by atoms with Gasteiger partial charge in [0.1, 0.15) is 5.75 Å². The number of carbonyl (C=O) groups excluding carboxylic acids is 1. The number of benzene rings is 1. The number of allylic oxidation sites excluding steroid dienone is 5. The summed E-state index contributed by atoms with van der Waals surface area (Å²) in [4.78, 5) is 13.5. The molecule has 5 nitrogen and oxygen atoms in total. The van der Waals surface area contributed by atoms with Crippen LogP contribution in [0.1, 0.15) is 24.8 Å². The Kier molecular flexibility index (Phi) is 7.89. The lowest BCUT2D eigenvalue weighted by Crippen LogP contribution is -2.32. The number of hydrogen-bond acceptors (Lipinski definition) is 4. The molecule has 1 amide bonds. The third-order valence-corrected chi connectivity index (χ3v) is 4.00. The van der Waals surface area contributed by atoms with Gasteiger partial charge in [-0.2, -0.15) is 0 Å². The quantitative estimate of drug-likeness (QED) is 0.862. The summed E-state index contributed by atoms with van der Waals surface area (Å²) in [6.07, 6.45) is 8.79. The molecule has 0 unspecified atom stereocenters. The van der Waals surface area contributed by atoms with Gasteiger partial charge in [0.05, 0.1) is 6.61 Å². The van der Waals surface area contributed by atoms with Gasteiger partial charge in [0.15, 0.2) is 18.2 Å². The minimum atomic E-state index is -0.542. The first-order valence-corrected chi connectivity index (χ1v) is 8.62. The van der Waals surface area contributed by atoms with Crippen LogP contribution in [-0.4, -0.2) is 40.7 Å². The Bertz CT molecular complexity index is 674. The molecule has 1 aliphatic carbocycles. The number of rotatable bonds is 4. The predicted octanol–water partition coefficient (Wildman–Crippen LogP) is 3.42. The molecule has 1 aliphatic heterocycles. The summed E-state index contributed by atoms with van der Waals surface area (Å²) in [6, 6.07) is 7.11. The molecule has 0 saturated carbocycles. The molecule has 0 atom stereocenters. The van der Waals surface area contributed by atoms with E-state index in [9.17, 15) is 9.18 Å². The Morgan fingerprint density at radius 2 is 1.88 bits per heavy atom. The van der Waals surface area contributed by atoms with Gasteiger partial charge >= 0.3 is 0 Å². The zero-order valence-corrected chi connectivity index (χ0v) is 14.6. The molecular formula is C20H24FNO4. The topological polar surface area (TPSA) is 70.0 Å². The van der Waals surface area contributed by atoms with Gasteiger partial charge in [0.25, 0.3) is 5.91 Å². The second kappa shape index (κ2) is 10.4.